The SMILES string of the molecule is c1ccc(-c2ccc(-c3ccc(N(c4ccc(-c5ccccc5)cc4)c4ccc5c(c4)-c4ccc(-c6ccccc6)cc4-c4cc6ccccc6cc4O5)cc3)cc2)cc1. The second-order valence-corrected chi connectivity index (χ2v) is 15.3. The van der Waals surface area contributed by atoms with Gasteiger partial charge in [-0.3, -0.25) is 0 Å². The van der Waals surface area contributed by atoms with Gasteiger partial charge < -0.3 is 9.64 Å². The van der Waals surface area contributed by atoms with E-state index in [1.165, 1.54) is 49.9 Å². The summed E-state index contributed by atoms with van der Waals surface area (Å²) in [4.78, 5) is 2.35. The number of anilines is 3. The van der Waals surface area contributed by atoms with Crippen molar-refractivity contribution in [1.29, 1.82) is 0 Å². The van der Waals surface area contributed by atoms with Crippen LogP contribution >= 0.6 is 0 Å². The summed E-state index contributed by atoms with van der Waals surface area (Å²) >= 11 is 0. The van der Waals surface area contributed by atoms with Crippen molar-refractivity contribution in [3.05, 3.63) is 237 Å². The fourth-order valence-corrected chi connectivity index (χ4v) is 8.57. The van der Waals surface area contributed by atoms with E-state index in [9.17, 15) is 0 Å². The first-order valence-corrected chi connectivity index (χ1v) is 20.5. The second kappa shape index (κ2) is 15.1. The lowest BCUT2D eigenvalue weighted by Crippen LogP contribution is -2.10. The van der Waals surface area contributed by atoms with Gasteiger partial charge in [0.15, 0.2) is 0 Å². The van der Waals surface area contributed by atoms with Crippen LogP contribution in [0.5, 0.6) is 11.5 Å². The zero-order valence-corrected chi connectivity index (χ0v) is 32.9. The lowest BCUT2D eigenvalue weighted by Gasteiger charge is -2.27. The molecule has 2 nitrogen and oxygen atoms in total. The molecule has 1 heterocycles. The summed E-state index contributed by atoms with van der Waals surface area (Å²) in [5, 5.41) is 2.33. The molecule has 11 rings (SSSR count). The van der Waals surface area contributed by atoms with E-state index in [1.807, 2.05) is 0 Å². The third-order valence-corrected chi connectivity index (χ3v) is 11.7. The van der Waals surface area contributed by atoms with Gasteiger partial charge in [0.25, 0.3) is 0 Å². The molecule has 0 aromatic heterocycles. The highest BCUT2D eigenvalue weighted by Crippen LogP contribution is 2.51. The topological polar surface area (TPSA) is 12.5 Å². The Kier molecular flexibility index (Phi) is 8.87. The molecule has 0 amide bonds. The fraction of sp³-hybridized carbons (Fsp3) is 0. The lowest BCUT2D eigenvalue weighted by atomic mass is 9.90. The summed E-state index contributed by atoms with van der Waals surface area (Å²) in [5.41, 5.74) is 17.1. The van der Waals surface area contributed by atoms with Crippen molar-refractivity contribution in [3.8, 4) is 78.3 Å². The molecule has 10 aromatic rings. The molecule has 282 valence electrons. The minimum Gasteiger partial charge on any atom is -0.456 e. The summed E-state index contributed by atoms with van der Waals surface area (Å²) in [6.45, 7) is 0. The molecule has 60 heavy (non-hydrogen) atoms. The smallest absolute Gasteiger partial charge is 0.135 e. The Morgan fingerprint density at radius 2 is 0.633 bits per heavy atom. The van der Waals surface area contributed by atoms with Gasteiger partial charge in [0.1, 0.15) is 11.5 Å². The number of benzene rings is 10. The predicted octanol–water partition coefficient (Wildman–Crippen LogP) is 16.4. The van der Waals surface area contributed by atoms with Crippen molar-refractivity contribution in [1.82, 2.24) is 0 Å². The Hall–Kier alpha value is -7.94. The number of hydrogen-bond donors (Lipinski definition) is 0. The highest BCUT2D eigenvalue weighted by molar-refractivity contribution is 5.99. The van der Waals surface area contributed by atoms with E-state index in [0.717, 1.165) is 56.2 Å². The van der Waals surface area contributed by atoms with E-state index in [-0.39, 0.29) is 0 Å². The van der Waals surface area contributed by atoms with Gasteiger partial charge in [0.2, 0.25) is 0 Å². The Bertz CT molecular complexity index is 3120. The van der Waals surface area contributed by atoms with Crippen molar-refractivity contribution in [2.75, 3.05) is 4.90 Å². The number of nitrogens with zero attached hydrogens (tertiary/aromatic N) is 1. The molecular formula is C58H39NO. The molecule has 0 unspecified atom stereocenters. The Morgan fingerprint density at radius 3 is 1.17 bits per heavy atom. The normalized spacial score (nSPS) is 11.5. The van der Waals surface area contributed by atoms with Crippen molar-refractivity contribution in [2.24, 2.45) is 0 Å². The molecule has 0 aliphatic carbocycles. The maximum Gasteiger partial charge on any atom is 0.135 e. The van der Waals surface area contributed by atoms with Crippen molar-refractivity contribution < 1.29 is 4.74 Å². The van der Waals surface area contributed by atoms with Gasteiger partial charge in [0.05, 0.1) is 0 Å². The van der Waals surface area contributed by atoms with Crippen molar-refractivity contribution in [2.45, 2.75) is 0 Å². The van der Waals surface area contributed by atoms with Crippen LogP contribution in [-0.2, 0) is 0 Å². The van der Waals surface area contributed by atoms with Gasteiger partial charge >= 0.3 is 0 Å². The summed E-state index contributed by atoms with van der Waals surface area (Å²) in [5.74, 6) is 1.68. The molecular weight excluding hydrogens is 727 g/mol. The first-order chi connectivity index (χ1) is 29.7. The number of fused-ring (bicyclic) bond motifs is 6. The van der Waals surface area contributed by atoms with Crippen LogP contribution in [0.25, 0.3) is 77.5 Å². The number of hydrogen-bond acceptors (Lipinski definition) is 2. The molecule has 0 saturated heterocycles. The van der Waals surface area contributed by atoms with E-state index in [0.29, 0.717) is 0 Å². The van der Waals surface area contributed by atoms with E-state index in [1.54, 1.807) is 0 Å². The largest absolute Gasteiger partial charge is 0.456 e. The highest BCUT2D eigenvalue weighted by atomic mass is 16.5. The molecule has 0 bridgehead atoms. The quantitative estimate of drug-likeness (QED) is 0.160. The Balaban J connectivity index is 1.04. The molecule has 1 aliphatic heterocycles. The first-order valence-electron chi connectivity index (χ1n) is 20.5. The molecule has 2 heteroatoms. The van der Waals surface area contributed by atoms with Crippen molar-refractivity contribution >= 4 is 27.8 Å². The third kappa shape index (κ3) is 6.61. The molecule has 0 radical (unpaired) electrons. The van der Waals surface area contributed by atoms with Crippen LogP contribution in [0.4, 0.5) is 17.1 Å². The van der Waals surface area contributed by atoms with E-state index in [2.05, 4.69) is 241 Å². The lowest BCUT2D eigenvalue weighted by molar-refractivity contribution is 0.488. The monoisotopic (exact) mass is 765 g/mol. The van der Waals surface area contributed by atoms with Gasteiger partial charge in [-0.15, -0.1) is 0 Å². The summed E-state index contributed by atoms with van der Waals surface area (Å²) in [6.07, 6.45) is 0. The third-order valence-electron chi connectivity index (χ3n) is 11.7. The molecule has 0 spiro atoms. The van der Waals surface area contributed by atoms with Gasteiger partial charge in [-0.1, -0.05) is 176 Å². The van der Waals surface area contributed by atoms with Crippen LogP contribution in [0, 0.1) is 0 Å². The minimum atomic E-state index is 0.829. The van der Waals surface area contributed by atoms with Crippen molar-refractivity contribution in [3.63, 3.8) is 0 Å². The van der Waals surface area contributed by atoms with Crippen LogP contribution in [0.15, 0.2) is 237 Å². The van der Waals surface area contributed by atoms with Gasteiger partial charge in [0, 0.05) is 28.2 Å². The second-order valence-electron chi connectivity index (χ2n) is 15.3. The van der Waals surface area contributed by atoms with E-state index >= 15 is 0 Å². The molecule has 10 aromatic carbocycles. The standard InChI is InChI=1S/C58H39NO/c1-4-12-40(13-5-1)43-20-22-44(23-21-43)46-26-31-51(32-27-46)59(50-29-24-45(25-30-50)41-14-6-2-7-15-41)52-33-35-57-56(39-52)53-34-28-49(42-16-8-3-9-17-42)36-54(53)55-37-47-18-10-11-19-48(47)38-58(55)60-57/h1-39H. The van der Waals surface area contributed by atoms with Crippen LogP contribution in [0.3, 0.4) is 0 Å². The predicted molar refractivity (Wildman–Crippen MR) is 251 cm³/mol. The fourth-order valence-electron chi connectivity index (χ4n) is 8.57. The summed E-state index contributed by atoms with van der Waals surface area (Å²) in [7, 11) is 0. The molecule has 0 saturated carbocycles. The molecule has 0 atom stereocenters. The van der Waals surface area contributed by atoms with E-state index in [4.69, 9.17) is 4.74 Å². The van der Waals surface area contributed by atoms with Crippen LogP contribution in [0.1, 0.15) is 0 Å². The van der Waals surface area contributed by atoms with E-state index < -0.39 is 0 Å². The van der Waals surface area contributed by atoms with Crippen LogP contribution < -0.4 is 9.64 Å². The van der Waals surface area contributed by atoms with Crippen LogP contribution in [-0.4, -0.2) is 0 Å². The Labute approximate surface area is 350 Å². The van der Waals surface area contributed by atoms with Gasteiger partial charge in [-0.05, 0) is 127 Å². The minimum absolute atomic E-state index is 0.829. The number of ether oxygens (including phenoxy) is 1. The maximum absolute atomic E-state index is 6.93. The molecule has 1 aliphatic rings. The highest BCUT2D eigenvalue weighted by Gasteiger charge is 2.24. The average molecular weight is 766 g/mol. The van der Waals surface area contributed by atoms with Gasteiger partial charge in [-0.25, -0.2) is 0 Å². The molecule has 0 N–H and O–H groups in total. The number of rotatable bonds is 7. The Morgan fingerprint density at radius 1 is 0.233 bits per heavy atom. The zero-order chi connectivity index (χ0) is 39.8. The first kappa shape index (κ1) is 35.2. The van der Waals surface area contributed by atoms with Gasteiger partial charge in [-0.2, -0.15) is 0 Å². The average Bonchev–Trinajstić information content (AvgIpc) is 3.46. The molecule has 0 fully saturated rings. The summed E-state index contributed by atoms with van der Waals surface area (Å²) < 4.78 is 6.93. The summed E-state index contributed by atoms with van der Waals surface area (Å²) in [6, 6.07) is 84.8. The van der Waals surface area contributed by atoms with Crippen LogP contribution in [0.2, 0.25) is 0 Å². The zero-order valence-electron chi connectivity index (χ0n) is 32.9. The maximum atomic E-state index is 6.93.